The molecule has 0 radical (unpaired) electrons. The molecule has 1 saturated heterocycles. The van der Waals surface area contributed by atoms with Gasteiger partial charge in [0.25, 0.3) is 0 Å². The van der Waals surface area contributed by atoms with E-state index in [1.165, 1.54) is 135 Å². The lowest BCUT2D eigenvalue weighted by atomic mass is 10.1. The Bertz CT molecular complexity index is 1230. The summed E-state index contributed by atoms with van der Waals surface area (Å²) in [6, 6.07) is 0. The van der Waals surface area contributed by atoms with Gasteiger partial charge >= 0.3 is 17.9 Å². The second-order valence-electron chi connectivity index (χ2n) is 20.0. The normalized spacial score (nSPS) is 16.7. The Morgan fingerprint density at radius 3 is 1.12 bits per heavy atom. The van der Waals surface area contributed by atoms with Crippen molar-refractivity contribution >= 4 is 17.9 Å². The van der Waals surface area contributed by atoms with Crippen LogP contribution in [-0.4, -0.2) is 60.6 Å². The number of rotatable bonds is 50. The molecule has 0 aromatic heterocycles. The van der Waals surface area contributed by atoms with Gasteiger partial charge in [-0.2, -0.15) is 0 Å². The molecule has 0 bridgehead atoms. The Labute approximate surface area is 419 Å². The largest absolute Gasteiger partial charge is 0.462 e. The molecule has 4 atom stereocenters. The van der Waals surface area contributed by atoms with Gasteiger partial charge in [0, 0.05) is 19.3 Å². The van der Waals surface area contributed by atoms with Crippen LogP contribution in [0.2, 0.25) is 0 Å². The first-order valence-corrected chi connectivity index (χ1v) is 29.2. The van der Waals surface area contributed by atoms with Crippen LogP contribution in [0.15, 0.2) is 36.5 Å². The number of aliphatic hydroxyl groups excluding tert-OH is 1. The summed E-state index contributed by atoms with van der Waals surface area (Å²) in [7, 11) is 0. The van der Waals surface area contributed by atoms with E-state index in [1.54, 1.807) is 0 Å². The van der Waals surface area contributed by atoms with Crippen LogP contribution >= 0.6 is 0 Å². The Morgan fingerprint density at radius 1 is 0.441 bits per heavy atom. The first kappa shape index (κ1) is 63.6. The molecule has 0 spiro atoms. The maximum Gasteiger partial charge on any atom is 0.306 e. The summed E-state index contributed by atoms with van der Waals surface area (Å²) in [6.07, 6.45) is 56.7. The van der Waals surface area contributed by atoms with Crippen LogP contribution in [0.5, 0.6) is 0 Å². The fourth-order valence-electron chi connectivity index (χ4n) is 8.98. The third kappa shape index (κ3) is 40.3. The number of unbranched alkanes of at least 4 members (excludes halogenated alkanes) is 33. The molecule has 1 heterocycles. The van der Waals surface area contributed by atoms with Crippen molar-refractivity contribution in [2.45, 2.75) is 315 Å². The van der Waals surface area contributed by atoms with Crippen molar-refractivity contribution < 1.29 is 38.4 Å². The number of hydrogen-bond donors (Lipinski definition) is 1. The summed E-state index contributed by atoms with van der Waals surface area (Å²) < 4.78 is 23.3. The van der Waals surface area contributed by atoms with Gasteiger partial charge in [-0.3, -0.25) is 14.4 Å². The Hall–Kier alpha value is -2.45. The molecule has 1 aliphatic heterocycles. The molecule has 1 fully saturated rings. The van der Waals surface area contributed by atoms with Crippen molar-refractivity contribution in [1.82, 2.24) is 0 Å². The van der Waals surface area contributed by atoms with E-state index in [2.05, 4.69) is 57.2 Å². The third-order valence-corrected chi connectivity index (χ3v) is 13.4. The number of carbonyl (C=O) groups is 3. The van der Waals surface area contributed by atoms with E-state index in [9.17, 15) is 19.5 Å². The van der Waals surface area contributed by atoms with Crippen LogP contribution in [0.1, 0.15) is 290 Å². The first-order valence-electron chi connectivity index (χ1n) is 29.2. The molecule has 1 N–H and O–H groups in total. The standard InChI is InChI=1S/C60H108O8/c1-4-7-10-13-16-19-22-25-28-31-34-37-40-43-46-49-56(62)65-53-55(67-57(63)50-47-44-41-38-35-32-29-26-23-20-17-14-11-8-5-2)60-59(54(61)52-66-60)68-58(64)51-48-45-42-39-36-33-30-27-24-21-18-15-12-9-6-3/h25-30,54-55,59-61H,4-24,31-53H2,1-3H3/b28-25-,29-26-,30-27-/t54-,55+,59+,60?/m0/s1. The topological polar surface area (TPSA) is 108 Å². The SMILES string of the molecule is CCCCCCCC/C=C\CCCCCCCC(=O)OC[C@@H](OC(=O)CCCCCCC/C=C\CCCCCCCC)C1OC[C@H](O)[C@H]1OC(=O)CCCCCCC/C=C\CCCCCCCC. The highest BCUT2D eigenvalue weighted by Gasteiger charge is 2.46. The molecule has 0 amide bonds. The highest BCUT2D eigenvalue weighted by molar-refractivity contribution is 5.71. The molecular formula is C60H108O8. The molecule has 68 heavy (non-hydrogen) atoms. The highest BCUT2D eigenvalue weighted by atomic mass is 16.6. The average molecular weight is 958 g/mol. The van der Waals surface area contributed by atoms with Gasteiger partial charge in [0.2, 0.25) is 0 Å². The monoisotopic (exact) mass is 957 g/mol. The van der Waals surface area contributed by atoms with E-state index in [1.807, 2.05) is 0 Å². The number of ether oxygens (including phenoxy) is 4. The summed E-state index contributed by atoms with van der Waals surface area (Å²) in [5.74, 6) is -1.15. The first-order chi connectivity index (χ1) is 33.4. The second-order valence-corrected chi connectivity index (χ2v) is 20.0. The van der Waals surface area contributed by atoms with Crippen molar-refractivity contribution in [3.63, 3.8) is 0 Å². The fraction of sp³-hybridized carbons (Fsp3) is 0.850. The van der Waals surface area contributed by atoms with Crippen LogP contribution in [0.25, 0.3) is 0 Å². The van der Waals surface area contributed by atoms with Crippen LogP contribution in [0.4, 0.5) is 0 Å². The number of allylic oxidation sites excluding steroid dienone is 6. The lowest BCUT2D eigenvalue weighted by molar-refractivity contribution is -0.177. The summed E-state index contributed by atoms with van der Waals surface area (Å²) in [6.45, 7) is 6.51. The number of carbonyl (C=O) groups excluding carboxylic acids is 3. The van der Waals surface area contributed by atoms with Crippen LogP contribution < -0.4 is 0 Å². The minimum absolute atomic E-state index is 0.0544. The van der Waals surface area contributed by atoms with E-state index in [-0.39, 0.29) is 38.4 Å². The van der Waals surface area contributed by atoms with E-state index >= 15 is 0 Å². The Kier molecular flexibility index (Phi) is 46.3. The summed E-state index contributed by atoms with van der Waals surface area (Å²) in [4.78, 5) is 39.1. The predicted octanol–water partition coefficient (Wildman–Crippen LogP) is 17.2. The summed E-state index contributed by atoms with van der Waals surface area (Å²) in [5, 5.41) is 10.9. The molecule has 1 aliphatic rings. The van der Waals surface area contributed by atoms with E-state index < -0.39 is 36.4 Å². The second kappa shape index (κ2) is 49.5. The third-order valence-electron chi connectivity index (χ3n) is 13.4. The molecule has 8 nitrogen and oxygen atoms in total. The molecule has 396 valence electrons. The van der Waals surface area contributed by atoms with Gasteiger partial charge in [0.15, 0.2) is 12.2 Å². The number of esters is 3. The maximum atomic E-state index is 13.2. The van der Waals surface area contributed by atoms with Gasteiger partial charge in [0.05, 0.1) is 6.61 Å². The van der Waals surface area contributed by atoms with E-state index in [0.29, 0.717) is 12.8 Å². The minimum atomic E-state index is -1.06. The lowest BCUT2D eigenvalue weighted by Crippen LogP contribution is -2.46. The smallest absolute Gasteiger partial charge is 0.306 e. The van der Waals surface area contributed by atoms with E-state index in [4.69, 9.17) is 18.9 Å². The van der Waals surface area contributed by atoms with Crippen molar-refractivity contribution in [1.29, 1.82) is 0 Å². The maximum absolute atomic E-state index is 13.2. The van der Waals surface area contributed by atoms with Gasteiger partial charge in [-0.15, -0.1) is 0 Å². The summed E-state index contributed by atoms with van der Waals surface area (Å²) >= 11 is 0. The lowest BCUT2D eigenvalue weighted by Gasteiger charge is -2.28. The molecular weight excluding hydrogens is 849 g/mol. The Balaban J connectivity index is 2.50. The quantitative estimate of drug-likeness (QED) is 0.0278. The predicted molar refractivity (Wildman–Crippen MR) is 285 cm³/mol. The van der Waals surface area contributed by atoms with Gasteiger partial charge < -0.3 is 24.1 Å². The highest BCUT2D eigenvalue weighted by Crippen LogP contribution is 2.25. The molecule has 1 rings (SSSR count). The van der Waals surface area contributed by atoms with Gasteiger partial charge in [-0.05, 0) is 96.3 Å². The zero-order valence-electron chi connectivity index (χ0n) is 44.7. The number of hydrogen-bond acceptors (Lipinski definition) is 8. The van der Waals surface area contributed by atoms with Gasteiger partial charge in [0.1, 0.15) is 18.8 Å². The van der Waals surface area contributed by atoms with E-state index in [0.717, 1.165) is 103 Å². The van der Waals surface area contributed by atoms with Crippen molar-refractivity contribution in [3.05, 3.63) is 36.5 Å². The zero-order chi connectivity index (χ0) is 49.2. The molecule has 0 aromatic carbocycles. The van der Waals surface area contributed by atoms with Crippen molar-refractivity contribution in [2.24, 2.45) is 0 Å². The van der Waals surface area contributed by atoms with Crippen molar-refractivity contribution in [3.8, 4) is 0 Å². The molecule has 8 heteroatoms. The van der Waals surface area contributed by atoms with Crippen LogP contribution in [0, 0.1) is 0 Å². The number of aliphatic hydroxyl groups is 1. The Morgan fingerprint density at radius 2 is 0.750 bits per heavy atom. The summed E-state index contributed by atoms with van der Waals surface area (Å²) in [5.41, 5.74) is 0. The minimum Gasteiger partial charge on any atom is -0.462 e. The molecule has 1 unspecified atom stereocenters. The van der Waals surface area contributed by atoms with Crippen LogP contribution in [-0.2, 0) is 33.3 Å². The van der Waals surface area contributed by atoms with Crippen LogP contribution in [0.3, 0.4) is 0 Å². The fourth-order valence-corrected chi connectivity index (χ4v) is 8.98. The molecule has 0 saturated carbocycles. The molecule has 0 aromatic rings. The van der Waals surface area contributed by atoms with Crippen molar-refractivity contribution in [2.75, 3.05) is 13.2 Å². The van der Waals surface area contributed by atoms with Gasteiger partial charge in [-0.25, -0.2) is 0 Å². The molecule has 0 aliphatic carbocycles. The average Bonchev–Trinajstić information content (AvgIpc) is 3.69. The zero-order valence-corrected chi connectivity index (χ0v) is 44.7. The van der Waals surface area contributed by atoms with Gasteiger partial charge in [-0.1, -0.05) is 211 Å².